The van der Waals surface area contributed by atoms with Crippen LogP contribution in [0.25, 0.3) is 27.6 Å². The standard InChI is InChI=1S/C23H20ClFN4O3/c1-13-27-21-15(23(30)31-2)11-14(28-7-9-32-10-8-28)12-19(21)29(13)18-5-6-26-22-17(25)4-3-16(24)20(18)22/h3-6,11-12H,7-10H2,1-2H3. The van der Waals surface area contributed by atoms with Crippen molar-refractivity contribution in [2.75, 3.05) is 38.3 Å². The Hall–Kier alpha value is -3.23. The first-order chi connectivity index (χ1) is 15.5. The number of fused-ring (bicyclic) bond motifs is 2. The zero-order chi connectivity index (χ0) is 22.4. The van der Waals surface area contributed by atoms with Crippen molar-refractivity contribution in [2.24, 2.45) is 0 Å². The Kier molecular flexibility index (Phi) is 5.19. The van der Waals surface area contributed by atoms with Gasteiger partial charge in [-0.25, -0.2) is 14.2 Å². The number of morpholine rings is 1. The highest BCUT2D eigenvalue weighted by Crippen LogP contribution is 2.35. The third kappa shape index (κ3) is 3.27. The predicted molar refractivity (Wildman–Crippen MR) is 120 cm³/mol. The van der Waals surface area contributed by atoms with Crippen molar-refractivity contribution in [3.63, 3.8) is 0 Å². The number of benzene rings is 2. The normalized spacial score (nSPS) is 14.3. The summed E-state index contributed by atoms with van der Waals surface area (Å²) in [5, 5.41) is 0.858. The SMILES string of the molecule is COC(=O)c1cc(N2CCOCC2)cc2c1nc(C)n2-c1ccnc2c(F)ccc(Cl)c12. The van der Waals surface area contributed by atoms with Gasteiger partial charge in [-0.05, 0) is 37.3 Å². The van der Waals surface area contributed by atoms with E-state index in [2.05, 4.69) is 14.9 Å². The number of hydrogen-bond donors (Lipinski definition) is 0. The minimum absolute atomic E-state index is 0.175. The minimum atomic E-state index is -0.474. The molecule has 0 bridgehead atoms. The van der Waals surface area contributed by atoms with E-state index < -0.39 is 11.8 Å². The summed E-state index contributed by atoms with van der Waals surface area (Å²) >= 11 is 6.48. The number of aryl methyl sites for hydroxylation is 1. The van der Waals surface area contributed by atoms with Gasteiger partial charge >= 0.3 is 5.97 Å². The molecule has 0 N–H and O–H groups in total. The van der Waals surface area contributed by atoms with E-state index in [9.17, 15) is 9.18 Å². The third-order valence-electron chi connectivity index (χ3n) is 5.71. The smallest absolute Gasteiger partial charge is 0.340 e. The Balaban J connectivity index is 1.83. The molecule has 1 aliphatic rings. The molecule has 4 aromatic rings. The molecule has 5 rings (SSSR count). The average Bonchev–Trinajstić information content (AvgIpc) is 3.16. The number of ether oxygens (including phenoxy) is 2. The topological polar surface area (TPSA) is 69.5 Å². The quantitative estimate of drug-likeness (QED) is 0.430. The summed E-state index contributed by atoms with van der Waals surface area (Å²) in [5.41, 5.74) is 3.23. The third-order valence-corrected chi connectivity index (χ3v) is 6.02. The van der Waals surface area contributed by atoms with E-state index in [4.69, 9.17) is 21.1 Å². The highest BCUT2D eigenvalue weighted by atomic mass is 35.5. The Labute approximate surface area is 188 Å². The van der Waals surface area contributed by atoms with Crippen LogP contribution in [0.5, 0.6) is 0 Å². The van der Waals surface area contributed by atoms with Crippen molar-refractivity contribution in [3.8, 4) is 5.69 Å². The Bertz CT molecular complexity index is 1360. The van der Waals surface area contributed by atoms with E-state index in [0.29, 0.717) is 64.8 Å². The highest BCUT2D eigenvalue weighted by Gasteiger charge is 2.23. The number of carbonyl (C=O) groups excluding carboxylic acids is 1. The predicted octanol–water partition coefficient (Wildman–Crippen LogP) is 4.30. The van der Waals surface area contributed by atoms with Crippen molar-refractivity contribution in [1.29, 1.82) is 0 Å². The molecule has 1 aliphatic heterocycles. The van der Waals surface area contributed by atoms with E-state index in [1.54, 1.807) is 12.1 Å². The van der Waals surface area contributed by atoms with E-state index >= 15 is 0 Å². The van der Waals surface area contributed by atoms with Gasteiger partial charge in [0, 0.05) is 30.4 Å². The Morgan fingerprint density at radius 3 is 2.72 bits per heavy atom. The lowest BCUT2D eigenvalue weighted by Gasteiger charge is -2.29. The van der Waals surface area contributed by atoms with Crippen LogP contribution in [0, 0.1) is 12.7 Å². The number of hydrogen-bond acceptors (Lipinski definition) is 6. The summed E-state index contributed by atoms with van der Waals surface area (Å²) in [6.07, 6.45) is 1.54. The molecule has 3 heterocycles. The number of carbonyl (C=O) groups is 1. The van der Waals surface area contributed by atoms with Crippen LogP contribution < -0.4 is 4.90 Å². The van der Waals surface area contributed by atoms with Gasteiger partial charge in [-0.15, -0.1) is 0 Å². The van der Waals surface area contributed by atoms with Crippen LogP contribution in [-0.2, 0) is 9.47 Å². The summed E-state index contributed by atoms with van der Waals surface area (Å²) < 4.78 is 26.9. The lowest BCUT2D eigenvalue weighted by Crippen LogP contribution is -2.36. The maximum Gasteiger partial charge on any atom is 0.340 e. The number of methoxy groups -OCH3 is 1. The van der Waals surface area contributed by atoms with Crippen LogP contribution in [0.4, 0.5) is 10.1 Å². The van der Waals surface area contributed by atoms with Gasteiger partial charge in [0.1, 0.15) is 22.7 Å². The van der Waals surface area contributed by atoms with Gasteiger partial charge in [-0.3, -0.25) is 9.55 Å². The molecular formula is C23H20ClFN4O3. The first-order valence-electron chi connectivity index (χ1n) is 10.2. The largest absolute Gasteiger partial charge is 0.465 e. The summed E-state index contributed by atoms with van der Waals surface area (Å²) in [6, 6.07) is 8.35. The molecule has 2 aromatic heterocycles. The fraction of sp³-hybridized carbons (Fsp3) is 0.261. The fourth-order valence-electron chi connectivity index (χ4n) is 4.22. The molecule has 7 nitrogen and oxygen atoms in total. The van der Waals surface area contributed by atoms with Crippen molar-refractivity contribution in [1.82, 2.24) is 14.5 Å². The molecule has 0 saturated carbocycles. The van der Waals surface area contributed by atoms with Crippen LogP contribution in [0.3, 0.4) is 0 Å². The van der Waals surface area contributed by atoms with Crippen molar-refractivity contribution < 1.29 is 18.7 Å². The lowest BCUT2D eigenvalue weighted by molar-refractivity contribution is 0.0603. The van der Waals surface area contributed by atoms with Gasteiger partial charge < -0.3 is 14.4 Å². The van der Waals surface area contributed by atoms with Crippen molar-refractivity contribution in [2.45, 2.75) is 6.92 Å². The van der Waals surface area contributed by atoms with Gasteiger partial charge in [-0.1, -0.05) is 11.6 Å². The summed E-state index contributed by atoms with van der Waals surface area (Å²) in [4.78, 5) is 23.6. The molecular weight excluding hydrogens is 435 g/mol. The number of esters is 1. The van der Waals surface area contributed by atoms with Crippen molar-refractivity contribution in [3.05, 3.63) is 58.8 Å². The first kappa shape index (κ1) is 20.7. The fourth-order valence-corrected chi connectivity index (χ4v) is 4.46. The second-order valence-corrected chi connectivity index (χ2v) is 7.94. The van der Waals surface area contributed by atoms with Gasteiger partial charge in [0.25, 0.3) is 0 Å². The second-order valence-electron chi connectivity index (χ2n) is 7.53. The molecule has 32 heavy (non-hydrogen) atoms. The molecule has 0 atom stereocenters. The number of halogens is 2. The number of imidazole rings is 1. The van der Waals surface area contributed by atoms with E-state index in [-0.39, 0.29) is 5.52 Å². The maximum absolute atomic E-state index is 14.5. The van der Waals surface area contributed by atoms with Crippen LogP contribution in [0.2, 0.25) is 5.02 Å². The number of nitrogens with zero attached hydrogens (tertiary/aromatic N) is 4. The van der Waals surface area contributed by atoms with E-state index in [1.165, 1.54) is 25.4 Å². The molecule has 2 aromatic carbocycles. The molecule has 0 aliphatic carbocycles. The lowest BCUT2D eigenvalue weighted by atomic mass is 10.1. The minimum Gasteiger partial charge on any atom is -0.465 e. The van der Waals surface area contributed by atoms with Crippen LogP contribution in [-0.4, -0.2) is 53.9 Å². The molecule has 164 valence electrons. The first-order valence-corrected chi connectivity index (χ1v) is 10.5. The summed E-state index contributed by atoms with van der Waals surface area (Å²) in [5.74, 6) is -0.312. The maximum atomic E-state index is 14.5. The molecule has 0 unspecified atom stereocenters. The molecule has 0 spiro atoms. The van der Waals surface area contributed by atoms with Crippen LogP contribution in [0.15, 0.2) is 36.5 Å². The summed E-state index contributed by atoms with van der Waals surface area (Å²) in [7, 11) is 1.35. The van der Waals surface area contributed by atoms with E-state index in [1.807, 2.05) is 17.6 Å². The van der Waals surface area contributed by atoms with Gasteiger partial charge in [0.15, 0.2) is 0 Å². The second kappa shape index (κ2) is 8.03. The Morgan fingerprint density at radius 1 is 1.19 bits per heavy atom. The molecule has 0 radical (unpaired) electrons. The zero-order valence-electron chi connectivity index (χ0n) is 17.6. The average molecular weight is 455 g/mol. The molecule has 9 heteroatoms. The molecule has 0 amide bonds. The number of anilines is 1. The van der Waals surface area contributed by atoms with Gasteiger partial charge in [-0.2, -0.15) is 0 Å². The monoisotopic (exact) mass is 454 g/mol. The summed E-state index contributed by atoms with van der Waals surface area (Å²) in [6.45, 7) is 4.44. The molecule has 1 saturated heterocycles. The van der Waals surface area contributed by atoms with Crippen LogP contribution in [0.1, 0.15) is 16.2 Å². The van der Waals surface area contributed by atoms with E-state index in [0.717, 1.165) is 5.69 Å². The van der Waals surface area contributed by atoms with Gasteiger partial charge in [0.2, 0.25) is 0 Å². The number of rotatable bonds is 3. The number of pyridine rings is 1. The van der Waals surface area contributed by atoms with Crippen LogP contribution >= 0.6 is 11.6 Å². The highest BCUT2D eigenvalue weighted by molar-refractivity contribution is 6.36. The zero-order valence-corrected chi connectivity index (χ0v) is 18.3. The number of aromatic nitrogens is 3. The van der Waals surface area contributed by atoms with Crippen molar-refractivity contribution >= 4 is 45.2 Å². The van der Waals surface area contributed by atoms with Gasteiger partial charge in [0.05, 0.1) is 42.1 Å². The molecule has 1 fully saturated rings. The Morgan fingerprint density at radius 2 is 1.97 bits per heavy atom.